The summed E-state index contributed by atoms with van der Waals surface area (Å²) in [6, 6.07) is 0. The average molecular weight is 269 g/mol. The standard InChI is InChI=1S/C11H21ClO3S/c1-2-15-9-11(10-16(12,13)14)7-5-3-4-6-8-11/h2-10H2,1H3. The van der Waals surface area contributed by atoms with Crippen molar-refractivity contribution in [2.24, 2.45) is 5.41 Å². The molecule has 0 aromatic heterocycles. The third kappa shape index (κ3) is 5.02. The summed E-state index contributed by atoms with van der Waals surface area (Å²) in [6.07, 6.45) is 6.38. The van der Waals surface area contributed by atoms with Crippen molar-refractivity contribution in [3.05, 3.63) is 0 Å². The molecule has 0 radical (unpaired) electrons. The molecule has 16 heavy (non-hydrogen) atoms. The van der Waals surface area contributed by atoms with Gasteiger partial charge in [-0.1, -0.05) is 25.7 Å². The van der Waals surface area contributed by atoms with E-state index in [1.165, 1.54) is 12.8 Å². The van der Waals surface area contributed by atoms with Crippen LogP contribution in [0, 0.1) is 5.41 Å². The lowest BCUT2D eigenvalue weighted by molar-refractivity contribution is 0.0536. The number of hydrogen-bond acceptors (Lipinski definition) is 3. The van der Waals surface area contributed by atoms with E-state index in [0.717, 1.165) is 25.7 Å². The molecule has 0 N–H and O–H groups in total. The van der Waals surface area contributed by atoms with E-state index in [2.05, 4.69) is 0 Å². The molecule has 0 aliphatic heterocycles. The molecule has 0 amide bonds. The van der Waals surface area contributed by atoms with Gasteiger partial charge in [0.15, 0.2) is 0 Å². The minimum Gasteiger partial charge on any atom is -0.381 e. The summed E-state index contributed by atoms with van der Waals surface area (Å²) in [5.41, 5.74) is -0.243. The molecule has 1 fully saturated rings. The molecule has 1 aliphatic rings. The van der Waals surface area contributed by atoms with Gasteiger partial charge in [-0.05, 0) is 19.8 Å². The summed E-state index contributed by atoms with van der Waals surface area (Å²) >= 11 is 0. The van der Waals surface area contributed by atoms with Crippen molar-refractivity contribution >= 4 is 19.7 Å². The lowest BCUT2D eigenvalue weighted by Crippen LogP contribution is -2.33. The van der Waals surface area contributed by atoms with E-state index in [-0.39, 0.29) is 11.2 Å². The summed E-state index contributed by atoms with van der Waals surface area (Å²) < 4.78 is 28.0. The van der Waals surface area contributed by atoms with Gasteiger partial charge in [0.2, 0.25) is 9.05 Å². The molecule has 3 nitrogen and oxygen atoms in total. The van der Waals surface area contributed by atoms with Gasteiger partial charge in [-0.3, -0.25) is 0 Å². The fraction of sp³-hybridized carbons (Fsp3) is 1.00. The summed E-state index contributed by atoms with van der Waals surface area (Å²) in [5, 5.41) is 0. The highest BCUT2D eigenvalue weighted by molar-refractivity contribution is 8.13. The van der Waals surface area contributed by atoms with Crippen LogP contribution in [0.15, 0.2) is 0 Å². The van der Waals surface area contributed by atoms with Crippen molar-refractivity contribution in [2.75, 3.05) is 19.0 Å². The predicted octanol–water partition coefficient (Wildman–Crippen LogP) is 2.93. The molecule has 1 aliphatic carbocycles. The zero-order valence-electron chi connectivity index (χ0n) is 9.87. The highest BCUT2D eigenvalue weighted by Gasteiger charge is 2.35. The third-order valence-electron chi connectivity index (χ3n) is 3.26. The molecule has 0 aromatic carbocycles. The van der Waals surface area contributed by atoms with Crippen LogP contribution in [0.25, 0.3) is 0 Å². The van der Waals surface area contributed by atoms with E-state index in [1.54, 1.807) is 0 Å². The fourth-order valence-electron chi connectivity index (χ4n) is 2.49. The van der Waals surface area contributed by atoms with Gasteiger partial charge in [0.25, 0.3) is 0 Å². The van der Waals surface area contributed by atoms with E-state index < -0.39 is 9.05 Å². The predicted molar refractivity (Wildman–Crippen MR) is 66.3 cm³/mol. The maximum absolute atomic E-state index is 11.3. The minimum atomic E-state index is -3.44. The minimum absolute atomic E-state index is 0.0571. The van der Waals surface area contributed by atoms with Crippen LogP contribution >= 0.6 is 10.7 Å². The van der Waals surface area contributed by atoms with Crippen LogP contribution < -0.4 is 0 Å². The van der Waals surface area contributed by atoms with Crippen molar-refractivity contribution in [3.8, 4) is 0 Å². The number of hydrogen-bond donors (Lipinski definition) is 0. The van der Waals surface area contributed by atoms with Crippen LogP contribution in [-0.4, -0.2) is 27.4 Å². The number of ether oxygens (including phenoxy) is 1. The Bertz CT molecular complexity index is 292. The topological polar surface area (TPSA) is 43.4 Å². The van der Waals surface area contributed by atoms with Gasteiger partial charge in [0.05, 0.1) is 12.4 Å². The molecule has 0 heterocycles. The second kappa shape index (κ2) is 6.22. The van der Waals surface area contributed by atoms with Crippen LogP contribution in [0.4, 0.5) is 0 Å². The SMILES string of the molecule is CCOCC1(CS(=O)(=O)Cl)CCCCCC1. The van der Waals surface area contributed by atoms with Gasteiger partial charge in [0, 0.05) is 22.7 Å². The number of halogens is 1. The van der Waals surface area contributed by atoms with Gasteiger partial charge in [-0.2, -0.15) is 0 Å². The van der Waals surface area contributed by atoms with Gasteiger partial charge < -0.3 is 4.74 Å². The van der Waals surface area contributed by atoms with Crippen molar-refractivity contribution < 1.29 is 13.2 Å². The Morgan fingerprint density at radius 1 is 1.19 bits per heavy atom. The van der Waals surface area contributed by atoms with E-state index in [0.29, 0.717) is 13.2 Å². The van der Waals surface area contributed by atoms with E-state index >= 15 is 0 Å². The summed E-state index contributed by atoms with van der Waals surface area (Å²) in [5.74, 6) is 0.0571. The molecule has 0 spiro atoms. The monoisotopic (exact) mass is 268 g/mol. The van der Waals surface area contributed by atoms with Crippen LogP contribution in [0.3, 0.4) is 0 Å². The number of rotatable bonds is 5. The summed E-state index contributed by atoms with van der Waals surface area (Å²) in [6.45, 7) is 3.08. The smallest absolute Gasteiger partial charge is 0.233 e. The molecule has 5 heteroatoms. The van der Waals surface area contributed by atoms with Gasteiger partial charge in [-0.15, -0.1) is 0 Å². The highest BCUT2D eigenvalue weighted by Crippen LogP contribution is 2.37. The zero-order valence-corrected chi connectivity index (χ0v) is 11.4. The lowest BCUT2D eigenvalue weighted by atomic mass is 9.83. The van der Waals surface area contributed by atoms with Gasteiger partial charge >= 0.3 is 0 Å². The van der Waals surface area contributed by atoms with Crippen LogP contribution in [0.1, 0.15) is 45.4 Å². The van der Waals surface area contributed by atoms with E-state index in [9.17, 15) is 8.42 Å². The largest absolute Gasteiger partial charge is 0.381 e. The first-order valence-corrected chi connectivity index (χ1v) is 8.45. The molecule has 0 bridgehead atoms. The zero-order chi connectivity index (χ0) is 12.1. The van der Waals surface area contributed by atoms with Crippen molar-refractivity contribution in [2.45, 2.75) is 45.4 Å². The molecular weight excluding hydrogens is 248 g/mol. The molecule has 0 aromatic rings. The first kappa shape index (κ1) is 14.3. The Morgan fingerprint density at radius 3 is 2.19 bits per heavy atom. The highest BCUT2D eigenvalue weighted by atomic mass is 35.7. The van der Waals surface area contributed by atoms with E-state index in [4.69, 9.17) is 15.4 Å². The Labute approximate surface area is 103 Å². The Balaban J connectivity index is 2.72. The van der Waals surface area contributed by atoms with Crippen molar-refractivity contribution in [3.63, 3.8) is 0 Å². The molecule has 0 saturated heterocycles. The Hall–Kier alpha value is 0.200. The maximum atomic E-state index is 11.3. The molecule has 96 valence electrons. The molecular formula is C11H21ClO3S. The molecule has 1 saturated carbocycles. The first-order chi connectivity index (χ1) is 7.47. The summed E-state index contributed by atoms with van der Waals surface area (Å²) in [4.78, 5) is 0. The van der Waals surface area contributed by atoms with Crippen LogP contribution in [0.5, 0.6) is 0 Å². The summed E-state index contributed by atoms with van der Waals surface area (Å²) in [7, 11) is 1.97. The van der Waals surface area contributed by atoms with Gasteiger partial charge in [0.1, 0.15) is 0 Å². The Morgan fingerprint density at radius 2 is 1.75 bits per heavy atom. The normalized spacial score (nSPS) is 21.6. The molecule has 1 rings (SSSR count). The molecule has 0 unspecified atom stereocenters. The molecule has 0 atom stereocenters. The third-order valence-corrected chi connectivity index (χ3v) is 4.54. The Kier molecular flexibility index (Phi) is 5.54. The quantitative estimate of drug-likeness (QED) is 0.569. The van der Waals surface area contributed by atoms with Crippen LogP contribution in [-0.2, 0) is 13.8 Å². The lowest BCUT2D eigenvalue weighted by Gasteiger charge is -2.31. The second-order valence-electron chi connectivity index (χ2n) is 4.73. The van der Waals surface area contributed by atoms with Crippen molar-refractivity contribution in [1.29, 1.82) is 0 Å². The van der Waals surface area contributed by atoms with E-state index in [1.807, 2.05) is 6.92 Å². The average Bonchev–Trinajstić information content (AvgIpc) is 2.39. The maximum Gasteiger partial charge on any atom is 0.233 e. The second-order valence-corrected chi connectivity index (χ2v) is 7.51. The van der Waals surface area contributed by atoms with Gasteiger partial charge in [-0.25, -0.2) is 8.42 Å². The fourth-order valence-corrected chi connectivity index (χ4v) is 4.29. The van der Waals surface area contributed by atoms with Crippen LogP contribution in [0.2, 0.25) is 0 Å². The first-order valence-electron chi connectivity index (χ1n) is 5.97. The van der Waals surface area contributed by atoms with Crippen molar-refractivity contribution in [1.82, 2.24) is 0 Å².